The SMILES string of the molecule is CC1CC(=O)N(N(C)C)C(C)C1C(=O)O. The van der Waals surface area contributed by atoms with E-state index in [4.69, 9.17) is 5.11 Å². The monoisotopic (exact) mass is 214 g/mol. The summed E-state index contributed by atoms with van der Waals surface area (Å²) in [4.78, 5) is 22.8. The van der Waals surface area contributed by atoms with Crippen molar-refractivity contribution in [1.82, 2.24) is 10.0 Å². The first-order valence-corrected chi connectivity index (χ1v) is 5.08. The summed E-state index contributed by atoms with van der Waals surface area (Å²) in [5.41, 5.74) is 0. The number of hydrazine groups is 1. The summed E-state index contributed by atoms with van der Waals surface area (Å²) < 4.78 is 0. The predicted octanol–water partition coefficient (Wildman–Crippen LogP) is 0.421. The van der Waals surface area contributed by atoms with E-state index in [1.807, 2.05) is 6.92 Å². The van der Waals surface area contributed by atoms with Crippen LogP contribution in [0, 0.1) is 11.8 Å². The van der Waals surface area contributed by atoms with Crippen LogP contribution in [0.15, 0.2) is 0 Å². The lowest BCUT2D eigenvalue weighted by molar-refractivity contribution is -0.169. The molecule has 1 amide bonds. The van der Waals surface area contributed by atoms with E-state index in [2.05, 4.69) is 0 Å². The fourth-order valence-electron chi connectivity index (χ4n) is 2.39. The topological polar surface area (TPSA) is 60.9 Å². The highest BCUT2D eigenvalue weighted by atomic mass is 16.4. The average Bonchev–Trinajstić information content (AvgIpc) is 1.99. The van der Waals surface area contributed by atoms with Gasteiger partial charge in [-0.3, -0.25) is 14.6 Å². The molecule has 0 aromatic rings. The van der Waals surface area contributed by atoms with Crippen molar-refractivity contribution in [3.05, 3.63) is 0 Å². The van der Waals surface area contributed by atoms with Crippen molar-refractivity contribution in [1.29, 1.82) is 0 Å². The number of piperidine rings is 1. The van der Waals surface area contributed by atoms with Crippen molar-refractivity contribution < 1.29 is 14.7 Å². The molecule has 0 aromatic heterocycles. The van der Waals surface area contributed by atoms with Crippen LogP contribution < -0.4 is 0 Å². The number of carboxylic acids is 1. The highest BCUT2D eigenvalue weighted by molar-refractivity contribution is 5.81. The maximum absolute atomic E-state index is 11.7. The number of carbonyl (C=O) groups excluding carboxylic acids is 1. The summed E-state index contributed by atoms with van der Waals surface area (Å²) in [7, 11) is 3.51. The van der Waals surface area contributed by atoms with Crippen LogP contribution in [0.1, 0.15) is 20.3 Å². The molecule has 0 bridgehead atoms. The molecule has 0 aromatic carbocycles. The molecule has 1 rings (SSSR count). The van der Waals surface area contributed by atoms with Crippen molar-refractivity contribution in [2.45, 2.75) is 26.3 Å². The first kappa shape index (κ1) is 12.0. The zero-order chi connectivity index (χ0) is 11.7. The Bertz CT molecular complexity index is 276. The second kappa shape index (κ2) is 4.18. The maximum atomic E-state index is 11.7. The van der Waals surface area contributed by atoms with Crippen LogP contribution in [0.3, 0.4) is 0 Å². The van der Waals surface area contributed by atoms with Crippen molar-refractivity contribution in [3.63, 3.8) is 0 Å². The quantitative estimate of drug-likeness (QED) is 0.723. The van der Waals surface area contributed by atoms with Gasteiger partial charge in [0, 0.05) is 20.5 Å². The van der Waals surface area contributed by atoms with E-state index < -0.39 is 11.9 Å². The minimum absolute atomic E-state index is 0.00231. The molecule has 0 spiro atoms. The number of rotatable bonds is 2. The van der Waals surface area contributed by atoms with Crippen LogP contribution in [0.4, 0.5) is 0 Å². The Labute approximate surface area is 89.6 Å². The Hall–Kier alpha value is -1.10. The number of nitrogens with zero attached hydrogens (tertiary/aromatic N) is 2. The van der Waals surface area contributed by atoms with Gasteiger partial charge in [0.2, 0.25) is 5.91 Å². The fourth-order valence-corrected chi connectivity index (χ4v) is 2.39. The molecule has 3 unspecified atom stereocenters. The highest BCUT2D eigenvalue weighted by Gasteiger charge is 2.42. The van der Waals surface area contributed by atoms with Gasteiger partial charge in [-0.1, -0.05) is 6.92 Å². The summed E-state index contributed by atoms with van der Waals surface area (Å²) in [5, 5.41) is 12.3. The predicted molar refractivity (Wildman–Crippen MR) is 54.9 cm³/mol. The van der Waals surface area contributed by atoms with Gasteiger partial charge >= 0.3 is 5.97 Å². The number of hydrogen-bond acceptors (Lipinski definition) is 3. The van der Waals surface area contributed by atoms with E-state index in [0.29, 0.717) is 6.42 Å². The van der Waals surface area contributed by atoms with E-state index in [1.165, 1.54) is 5.01 Å². The summed E-state index contributed by atoms with van der Waals surface area (Å²) in [5.74, 6) is -1.40. The third-order valence-corrected chi connectivity index (χ3v) is 2.99. The summed E-state index contributed by atoms with van der Waals surface area (Å²) in [6, 6.07) is -0.284. The number of aliphatic carboxylic acids is 1. The van der Waals surface area contributed by atoms with E-state index in [-0.39, 0.29) is 17.9 Å². The van der Waals surface area contributed by atoms with Crippen LogP contribution in [-0.2, 0) is 9.59 Å². The van der Waals surface area contributed by atoms with Gasteiger partial charge in [0.1, 0.15) is 0 Å². The maximum Gasteiger partial charge on any atom is 0.308 e. The first-order valence-electron chi connectivity index (χ1n) is 5.08. The first-order chi connectivity index (χ1) is 6.86. The van der Waals surface area contributed by atoms with Crippen molar-refractivity contribution in [2.24, 2.45) is 11.8 Å². The van der Waals surface area contributed by atoms with E-state index >= 15 is 0 Å². The molecule has 5 heteroatoms. The van der Waals surface area contributed by atoms with E-state index in [1.54, 1.807) is 26.0 Å². The van der Waals surface area contributed by atoms with E-state index in [9.17, 15) is 9.59 Å². The van der Waals surface area contributed by atoms with Crippen LogP contribution in [0.2, 0.25) is 0 Å². The second-order valence-electron chi connectivity index (χ2n) is 4.37. The fraction of sp³-hybridized carbons (Fsp3) is 0.800. The molecule has 5 nitrogen and oxygen atoms in total. The minimum atomic E-state index is -0.825. The normalized spacial score (nSPS) is 32.2. The molecule has 1 fully saturated rings. The zero-order valence-electron chi connectivity index (χ0n) is 9.60. The van der Waals surface area contributed by atoms with Gasteiger partial charge in [-0.05, 0) is 12.8 Å². The molecule has 0 aliphatic carbocycles. The molecule has 1 aliphatic rings. The van der Waals surface area contributed by atoms with Crippen molar-refractivity contribution in [2.75, 3.05) is 14.1 Å². The largest absolute Gasteiger partial charge is 0.481 e. The van der Waals surface area contributed by atoms with Crippen LogP contribution in [0.5, 0.6) is 0 Å². The van der Waals surface area contributed by atoms with E-state index in [0.717, 1.165) is 0 Å². The number of carbonyl (C=O) groups is 2. The molecule has 3 atom stereocenters. The number of carboxylic acid groups (broad SMARTS) is 1. The van der Waals surface area contributed by atoms with Gasteiger partial charge in [-0.2, -0.15) is 0 Å². The lowest BCUT2D eigenvalue weighted by Gasteiger charge is -2.43. The van der Waals surface area contributed by atoms with Crippen LogP contribution >= 0.6 is 0 Å². The summed E-state index contributed by atoms with van der Waals surface area (Å²) in [6.07, 6.45) is 0.305. The summed E-state index contributed by atoms with van der Waals surface area (Å²) in [6.45, 7) is 3.60. The zero-order valence-corrected chi connectivity index (χ0v) is 9.60. The Morgan fingerprint density at radius 2 is 2.00 bits per heavy atom. The smallest absolute Gasteiger partial charge is 0.308 e. The van der Waals surface area contributed by atoms with Gasteiger partial charge in [-0.25, -0.2) is 5.01 Å². The third-order valence-electron chi connectivity index (χ3n) is 2.99. The molecule has 1 heterocycles. The third kappa shape index (κ3) is 2.12. The second-order valence-corrected chi connectivity index (χ2v) is 4.37. The van der Waals surface area contributed by atoms with Crippen LogP contribution in [0.25, 0.3) is 0 Å². The number of hydrogen-bond donors (Lipinski definition) is 1. The Balaban J connectivity index is 2.94. The Morgan fingerprint density at radius 3 is 2.40 bits per heavy atom. The molecule has 1 saturated heterocycles. The van der Waals surface area contributed by atoms with Gasteiger partial charge in [0.15, 0.2) is 0 Å². The summed E-state index contributed by atoms with van der Waals surface area (Å²) >= 11 is 0. The molecule has 1 N–H and O–H groups in total. The number of amides is 1. The Morgan fingerprint density at radius 1 is 1.47 bits per heavy atom. The van der Waals surface area contributed by atoms with Crippen molar-refractivity contribution in [3.8, 4) is 0 Å². The molecule has 0 radical (unpaired) electrons. The molecular formula is C10H18N2O3. The molecule has 0 saturated carbocycles. The molecule has 15 heavy (non-hydrogen) atoms. The molecular weight excluding hydrogens is 196 g/mol. The van der Waals surface area contributed by atoms with Gasteiger partial charge in [0.25, 0.3) is 0 Å². The lowest BCUT2D eigenvalue weighted by Crippen LogP contribution is -2.57. The Kier molecular flexibility index (Phi) is 3.34. The van der Waals surface area contributed by atoms with Gasteiger partial charge in [-0.15, -0.1) is 0 Å². The van der Waals surface area contributed by atoms with Gasteiger partial charge < -0.3 is 5.11 Å². The average molecular weight is 214 g/mol. The molecule has 86 valence electrons. The standard InChI is InChI=1S/C10H18N2O3/c1-6-5-8(13)12(11(3)4)7(2)9(6)10(14)15/h6-7,9H,5H2,1-4H3,(H,14,15). The van der Waals surface area contributed by atoms with Gasteiger partial charge in [0.05, 0.1) is 12.0 Å². The minimum Gasteiger partial charge on any atom is -0.481 e. The molecule has 1 aliphatic heterocycles. The highest BCUT2D eigenvalue weighted by Crippen LogP contribution is 2.30. The van der Waals surface area contributed by atoms with Crippen LogP contribution in [-0.4, -0.2) is 47.1 Å². The lowest BCUT2D eigenvalue weighted by atomic mass is 9.82. The van der Waals surface area contributed by atoms with Crippen molar-refractivity contribution >= 4 is 11.9 Å².